The van der Waals surface area contributed by atoms with E-state index in [4.69, 9.17) is 10.00 Å². The van der Waals surface area contributed by atoms with Gasteiger partial charge in [0.1, 0.15) is 12.3 Å². The van der Waals surface area contributed by atoms with E-state index in [1.54, 1.807) is 61.5 Å². The highest BCUT2D eigenvalue weighted by molar-refractivity contribution is 6.45. The molecule has 0 saturated carbocycles. The average molecular weight is 448 g/mol. The van der Waals surface area contributed by atoms with Gasteiger partial charge in [-0.3, -0.25) is 14.4 Å². The van der Waals surface area contributed by atoms with E-state index in [2.05, 4.69) is 0 Å². The molecular weight excluding hydrogens is 424 g/mol. The van der Waals surface area contributed by atoms with Crippen molar-refractivity contribution in [2.75, 3.05) is 24.6 Å². The van der Waals surface area contributed by atoms with Crippen molar-refractivity contribution in [1.29, 1.82) is 5.26 Å². The van der Waals surface area contributed by atoms with Crippen LogP contribution in [0.25, 0.3) is 0 Å². The van der Waals surface area contributed by atoms with E-state index in [0.29, 0.717) is 28.5 Å². The molecule has 1 unspecified atom stereocenters. The fraction of sp³-hybridized carbons (Fsp3) is 0.292. The van der Waals surface area contributed by atoms with Crippen LogP contribution in [0.3, 0.4) is 0 Å². The van der Waals surface area contributed by atoms with Crippen molar-refractivity contribution >= 4 is 29.4 Å². The largest absolute Gasteiger partial charge is 0.494 e. The zero-order valence-corrected chi connectivity index (χ0v) is 18.4. The van der Waals surface area contributed by atoms with E-state index < -0.39 is 36.3 Å². The Morgan fingerprint density at radius 2 is 1.73 bits per heavy atom. The number of hydrogen-bond donors (Lipinski definition) is 0. The fourth-order valence-corrected chi connectivity index (χ4v) is 3.55. The number of carbonyl (C=O) groups is 4. The van der Waals surface area contributed by atoms with Gasteiger partial charge in [0.25, 0.3) is 0 Å². The van der Waals surface area contributed by atoms with Gasteiger partial charge in [-0.25, -0.2) is 14.6 Å². The van der Waals surface area contributed by atoms with Gasteiger partial charge in [0, 0.05) is 12.2 Å². The fourth-order valence-electron chi connectivity index (χ4n) is 3.55. The molecule has 5 amide bonds. The molecule has 0 spiro atoms. The van der Waals surface area contributed by atoms with Crippen LogP contribution in [0.2, 0.25) is 0 Å². The molecule has 33 heavy (non-hydrogen) atoms. The van der Waals surface area contributed by atoms with Crippen LogP contribution < -0.4 is 9.64 Å². The van der Waals surface area contributed by atoms with Crippen LogP contribution in [0, 0.1) is 11.3 Å². The third kappa shape index (κ3) is 5.01. The molecule has 0 bridgehead atoms. The standard InChI is InChI=1S/C24H24N4O5/c1-3-33-20-12-10-19(11-13-20)26(15-7-14-25)21(29)16-27-22(30)23(31)28(24(27)32)17(2)18-8-5-4-6-9-18/h4-6,8-13,17H,3,7,15-16H2,1-2H3. The Morgan fingerprint density at radius 1 is 1.06 bits per heavy atom. The van der Waals surface area contributed by atoms with E-state index in [1.165, 1.54) is 4.90 Å². The lowest BCUT2D eigenvalue weighted by atomic mass is 10.1. The summed E-state index contributed by atoms with van der Waals surface area (Å²) in [4.78, 5) is 54.0. The molecule has 2 aromatic carbocycles. The summed E-state index contributed by atoms with van der Waals surface area (Å²) >= 11 is 0. The topological polar surface area (TPSA) is 111 Å². The van der Waals surface area contributed by atoms with Crippen molar-refractivity contribution in [2.24, 2.45) is 0 Å². The molecule has 1 saturated heterocycles. The van der Waals surface area contributed by atoms with Crippen LogP contribution in [0.5, 0.6) is 5.75 Å². The van der Waals surface area contributed by atoms with Crippen LogP contribution in [0.1, 0.15) is 31.9 Å². The molecule has 0 N–H and O–H groups in total. The van der Waals surface area contributed by atoms with Crippen molar-refractivity contribution in [3.05, 3.63) is 60.2 Å². The Morgan fingerprint density at radius 3 is 2.33 bits per heavy atom. The van der Waals surface area contributed by atoms with Gasteiger partial charge in [0.2, 0.25) is 5.91 Å². The van der Waals surface area contributed by atoms with Gasteiger partial charge in [0.05, 0.1) is 25.1 Å². The summed E-state index contributed by atoms with van der Waals surface area (Å²) in [6.07, 6.45) is 0.0525. The Hall–Kier alpha value is -4.19. The highest BCUT2D eigenvalue weighted by Crippen LogP contribution is 2.27. The number of ether oxygens (including phenoxy) is 1. The van der Waals surface area contributed by atoms with E-state index in [-0.39, 0.29) is 13.0 Å². The lowest BCUT2D eigenvalue weighted by Gasteiger charge is -2.25. The first-order chi connectivity index (χ1) is 15.9. The lowest BCUT2D eigenvalue weighted by Crippen LogP contribution is -2.44. The predicted molar refractivity (Wildman–Crippen MR) is 119 cm³/mol. The second-order valence-corrected chi connectivity index (χ2v) is 7.32. The second-order valence-electron chi connectivity index (χ2n) is 7.32. The SMILES string of the molecule is CCOc1ccc(N(CCC#N)C(=O)CN2C(=O)C(=O)N(C(C)c3ccccc3)C2=O)cc1. The molecule has 0 aliphatic carbocycles. The van der Waals surface area contributed by atoms with Crippen molar-refractivity contribution in [2.45, 2.75) is 26.3 Å². The third-order valence-electron chi connectivity index (χ3n) is 5.25. The maximum atomic E-state index is 13.1. The Labute approximate surface area is 191 Å². The van der Waals surface area contributed by atoms with Gasteiger partial charge in [0.15, 0.2) is 0 Å². The van der Waals surface area contributed by atoms with Gasteiger partial charge in [-0.2, -0.15) is 5.26 Å². The highest BCUT2D eigenvalue weighted by Gasteiger charge is 2.47. The minimum atomic E-state index is -1.05. The maximum absolute atomic E-state index is 13.1. The van der Waals surface area contributed by atoms with Gasteiger partial charge in [-0.05, 0) is 43.7 Å². The number of carbonyl (C=O) groups excluding carboxylic acids is 4. The number of rotatable bonds is 9. The van der Waals surface area contributed by atoms with E-state index in [9.17, 15) is 19.2 Å². The molecule has 1 aliphatic heterocycles. The smallest absolute Gasteiger partial charge is 0.335 e. The van der Waals surface area contributed by atoms with Crippen LogP contribution >= 0.6 is 0 Å². The molecule has 3 rings (SSSR count). The summed E-state index contributed by atoms with van der Waals surface area (Å²) in [5.74, 6) is -2.00. The summed E-state index contributed by atoms with van der Waals surface area (Å²) in [6, 6.07) is 16.0. The summed E-state index contributed by atoms with van der Waals surface area (Å²) in [5, 5.41) is 8.99. The van der Waals surface area contributed by atoms with Crippen LogP contribution in [0.4, 0.5) is 10.5 Å². The second kappa shape index (κ2) is 10.4. The van der Waals surface area contributed by atoms with Gasteiger partial charge in [-0.15, -0.1) is 0 Å². The van der Waals surface area contributed by atoms with Gasteiger partial charge in [-0.1, -0.05) is 30.3 Å². The Bertz CT molecular complexity index is 1080. The molecule has 9 heteroatoms. The van der Waals surface area contributed by atoms with Crippen molar-refractivity contribution in [1.82, 2.24) is 9.80 Å². The quantitative estimate of drug-likeness (QED) is 0.431. The lowest BCUT2D eigenvalue weighted by molar-refractivity contribution is -0.144. The molecule has 0 radical (unpaired) electrons. The zero-order valence-electron chi connectivity index (χ0n) is 18.4. The minimum Gasteiger partial charge on any atom is -0.494 e. The first-order valence-corrected chi connectivity index (χ1v) is 10.5. The predicted octanol–water partition coefficient (Wildman–Crippen LogP) is 2.88. The molecule has 1 heterocycles. The number of nitriles is 1. The number of anilines is 1. The Kier molecular flexibility index (Phi) is 7.41. The number of benzene rings is 2. The number of nitrogens with zero attached hydrogens (tertiary/aromatic N) is 4. The monoisotopic (exact) mass is 448 g/mol. The van der Waals surface area contributed by atoms with E-state index in [1.807, 2.05) is 13.0 Å². The first-order valence-electron chi connectivity index (χ1n) is 10.5. The average Bonchev–Trinajstić information content (AvgIpc) is 3.03. The summed E-state index contributed by atoms with van der Waals surface area (Å²) in [7, 11) is 0. The molecule has 1 atom stereocenters. The van der Waals surface area contributed by atoms with Crippen LogP contribution in [0.15, 0.2) is 54.6 Å². The van der Waals surface area contributed by atoms with E-state index >= 15 is 0 Å². The van der Waals surface area contributed by atoms with Gasteiger partial charge < -0.3 is 9.64 Å². The normalized spacial score (nSPS) is 14.3. The molecule has 1 fully saturated rings. The molecule has 170 valence electrons. The molecule has 9 nitrogen and oxygen atoms in total. The van der Waals surface area contributed by atoms with Gasteiger partial charge >= 0.3 is 17.8 Å². The number of amides is 5. The summed E-state index contributed by atoms with van der Waals surface area (Å²) in [6.45, 7) is 3.44. The first kappa shape index (κ1) is 23.5. The molecule has 0 aromatic heterocycles. The van der Waals surface area contributed by atoms with Crippen LogP contribution in [-0.4, -0.2) is 53.2 Å². The molecular formula is C24H24N4O5. The molecule has 1 aliphatic rings. The minimum absolute atomic E-state index is 0.0525. The third-order valence-corrected chi connectivity index (χ3v) is 5.25. The number of hydrogen-bond acceptors (Lipinski definition) is 6. The van der Waals surface area contributed by atoms with Crippen molar-refractivity contribution in [3.63, 3.8) is 0 Å². The molecule has 2 aromatic rings. The Balaban J connectivity index is 1.79. The summed E-state index contributed by atoms with van der Waals surface area (Å²) in [5.41, 5.74) is 1.17. The number of imide groups is 2. The number of urea groups is 1. The maximum Gasteiger partial charge on any atom is 0.335 e. The van der Waals surface area contributed by atoms with E-state index in [0.717, 1.165) is 4.90 Å². The van der Waals surface area contributed by atoms with Crippen molar-refractivity contribution < 1.29 is 23.9 Å². The summed E-state index contributed by atoms with van der Waals surface area (Å²) < 4.78 is 5.40. The van der Waals surface area contributed by atoms with Crippen LogP contribution in [-0.2, 0) is 14.4 Å². The highest BCUT2D eigenvalue weighted by atomic mass is 16.5. The zero-order chi connectivity index (χ0) is 24.0. The van der Waals surface area contributed by atoms with Crippen molar-refractivity contribution in [3.8, 4) is 11.8 Å².